The number of hydrogen-bond donors (Lipinski definition) is 0. The van der Waals surface area contributed by atoms with E-state index < -0.39 is 5.97 Å². The molecule has 0 aliphatic heterocycles. The highest BCUT2D eigenvalue weighted by Crippen LogP contribution is 2.28. The fourth-order valence-electron chi connectivity index (χ4n) is 2.28. The Kier molecular flexibility index (Phi) is 3.70. The molecule has 2 aromatic carbocycles. The second-order valence-corrected chi connectivity index (χ2v) is 4.62. The number of benzene rings is 2. The first kappa shape index (κ1) is 14.0. The molecule has 5 nitrogen and oxygen atoms in total. The third kappa shape index (κ3) is 2.37. The normalized spacial score (nSPS) is 10.5. The molecule has 0 radical (unpaired) electrons. The van der Waals surface area contributed by atoms with Crippen molar-refractivity contribution in [2.75, 3.05) is 14.2 Å². The number of aromatic nitrogens is 2. The topological polar surface area (TPSA) is 61.3 Å². The lowest BCUT2D eigenvalue weighted by Crippen LogP contribution is -2.06. The van der Waals surface area contributed by atoms with Gasteiger partial charge in [-0.15, -0.1) is 0 Å². The zero-order chi connectivity index (χ0) is 15.5. The van der Waals surface area contributed by atoms with Crippen molar-refractivity contribution in [2.45, 2.75) is 0 Å². The summed E-state index contributed by atoms with van der Waals surface area (Å²) in [6.07, 6.45) is 1.69. The molecule has 5 heteroatoms. The van der Waals surface area contributed by atoms with E-state index in [1.165, 1.54) is 14.2 Å². The molecule has 3 aromatic rings. The Bertz CT molecular complexity index is 832. The summed E-state index contributed by atoms with van der Waals surface area (Å²) in [5.41, 5.74) is 2.98. The van der Waals surface area contributed by atoms with Crippen molar-refractivity contribution < 1.29 is 14.3 Å². The Morgan fingerprint density at radius 3 is 2.50 bits per heavy atom. The van der Waals surface area contributed by atoms with E-state index in [1.807, 2.05) is 30.3 Å². The minimum absolute atomic E-state index is 0.285. The molecule has 0 aliphatic carbocycles. The summed E-state index contributed by atoms with van der Waals surface area (Å²) >= 11 is 0. The molecule has 0 aliphatic rings. The van der Waals surface area contributed by atoms with E-state index in [9.17, 15) is 4.79 Å². The summed E-state index contributed by atoms with van der Waals surface area (Å²) in [5.74, 6) is -0.0826. The summed E-state index contributed by atoms with van der Waals surface area (Å²) in [7, 11) is 2.83. The summed E-state index contributed by atoms with van der Waals surface area (Å²) in [6, 6.07) is 13.1. The maximum atomic E-state index is 12.1. The van der Waals surface area contributed by atoms with Crippen LogP contribution in [0, 0.1) is 0 Å². The standard InChI is InChI=1S/C17H14N2O3/c1-21-14-9-8-12-16(15(14)17(20)22-2)19-13(10-18-12)11-6-4-3-5-7-11/h3-10H,1-2H3. The number of ether oxygens (including phenoxy) is 2. The average molecular weight is 294 g/mol. The van der Waals surface area contributed by atoms with Gasteiger partial charge < -0.3 is 9.47 Å². The Morgan fingerprint density at radius 2 is 1.82 bits per heavy atom. The van der Waals surface area contributed by atoms with Crippen LogP contribution < -0.4 is 4.74 Å². The molecule has 22 heavy (non-hydrogen) atoms. The third-order valence-electron chi connectivity index (χ3n) is 3.36. The number of carbonyl (C=O) groups is 1. The largest absolute Gasteiger partial charge is 0.496 e. The van der Waals surface area contributed by atoms with Gasteiger partial charge in [0.1, 0.15) is 16.8 Å². The molecule has 0 atom stereocenters. The van der Waals surface area contributed by atoms with Crippen LogP contribution in [0.15, 0.2) is 48.7 Å². The quantitative estimate of drug-likeness (QED) is 0.695. The lowest BCUT2D eigenvalue weighted by molar-refractivity contribution is 0.0599. The van der Waals surface area contributed by atoms with Gasteiger partial charge >= 0.3 is 5.97 Å². The van der Waals surface area contributed by atoms with Gasteiger partial charge in [-0.3, -0.25) is 4.98 Å². The van der Waals surface area contributed by atoms with Crippen LogP contribution >= 0.6 is 0 Å². The molecule has 0 bridgehead atoms. The molecule has 0 amide bonds. The fourth-order valence-corrected chi connectivity index (χ4v) is 2.28. The van der Waals surface area contributed by atoms with E-state index in [0.29, 0.717) is 22.5 Å². The van der Waals surface area contributed by atoms with Crippen LogP contribution in [-0.4, -0.2) is 30.2 Å². The van der Waals surface area contributed by atoms with E-state index in [0.717, 1.165) is 5.56 Å². The molecule has 0 unspecified atom stereocenters. The average Bonchev–Trinajstić information content (AvgIpc) is 2.60. The van der Waals surface area contributed by atoms with Gasteiger partial charge in [-0.1, -0.05) is 30.3 Å². The summed E-state index contributed by atoms with van der Waals surface area (Å²) in [6.45, 7) is 0. The van der Waals surface area contributed by atoms with Crippen molar-refractivity contribution in [1.29, 1.82) is 0 Å². The Balaban J connectivity index is 2.27. The van der Waals surface area contributed by atoms with Gasteiger partial charge in [0.15, 0.2) is 0 Å². The SMILES string of the molecule is COC(=O)c1c(OC)ccc2ncc(-c3ccccc3)nc12. The van der Waals surface area contributed by atoms with E-state index in [1.54, 1.807) is 18.3 Å². The van der Waals surface area contributed by atoms with E-state index in [-0.39, 0.29) is 5.56 Å². The maximum Gasteiger partial charge on any atom is 0.343 e. The smallest absolute Gasteiger partial charge is 0.343 e. The van der Waals surface area contributed by atoms with Gasteiger partial charge in [-0.05, 0) is 12.1 Å². The van der Waals surface area contributed by atoms with Crippen molar-refractivity contribution in [3.05, 3.63) is 54.2 Å². The molecule has 0 saturated heterocycles. The van der Waals surface area contributed by atoms with Crippen molar-refractivity contribution in [3.8, 4) is 17.0 Å². The Labute approximate surface area is 127 Å². The van der Waals surface area contributed by atoms with E-state index in [4.69, 9.17) is 9.47 Å². The van der Waals surface area contributed by atoms with E-state index >= 15 is 0 Å². The number of nitrogens with zero attached hydrogens (tertiary/aromatic N) is 2. The molecule has 1 heterocycles. The third-order valence-corrected chi connectivity index (χ3v) is 3.36. The van der Waals surface area contributed by atoms with Crippen LogP contribution in [0.2, 0.25) is 0 Å². The lowest BCUT2D eigenvalue weighted by Gasteiger charge is -2.10. The van der Waals surface area contributed by atoms with E-state index in [2.05, 4.69) is 9.97 Å². The zero-order valence-electron chi connectivity index (χ0n) is 12.2. The number of carbonyl (C=O) groups excluding carboxylic acids is 1. The molecular formula is C17H14N2O3. The van der Waals surface area contributed by atoms with Gasteiger partial charge in [0, 0.05) is 5.56 Å². The van der Waals surface area contributed by atoms with Crippen molar-refractivity contribution >= 4 is 17.0 Å². The predicted molar refractivity (Wildman–Crippen MR) is 82.9 cm³/mol. The molecule has 110 valence electrons. The number of fused-ring (bicyclic) bond motifs is 1. The fraction of sp³-hybridized carbons (Fsp3) is 0.118. The molecule has 0 fully saturated rings. The van der Waals surface area contributed by atoms with Gasteiger partial charge in [0.25, 0.3) is 0 Å². The first-order valence-corrected chi connectivity index (χ1v) is 6.72. The molecule has 3 rings (SSSR count). The Hall–Kier alpha value is -2.95. The van der Waals surface area contributed by atoms with Gasteiger partial charge in [0.05, 0.1) is 31.6 Å². The number of hydrogen-bond acceptors (Lipinski definition) is 5. The highest BCUT2D eigenvalue weighted by molar-refractivity contribution is 6.04. The van der Waals surface area contributed by atoms with Gasteiger partial charge in [0.2, 0.25) is 0 Å². The maximum absolute atomic E-state index is 12.1. The van der Waals surface area contributed by atoms with Gasteiger partial charge in [-0.2, -0.15) is 0 Å². The number of methoxy groups -OCH3 is 2. The highest BCUT2D eigenvalue weighted by atomic mass is 16.5. The molecule has 0 saturated carbocycles. The van der Waals surface area contributed by atoms with Crippen molar-refractivity contribution in [1.82, 2.24) is 9.97 Å². The second-order valence-electron chi connectivity index (χ2n) is 4.62. The molecule has 0 N–H and O–H groups in total. The number of esters is 1. The first-order valence-electron chi connectivity index (χ1n) is 6.72. The van der Waals surface area contributed by atoms with Crippen LogP contribution in [0.25, 0.3) is 22.3 Å². The van der Waals surface area contributed by atoms with Crippen LogP contribution in [0.4, 0.5) is 0 Å². The predicted octanol–water partition coefficient (Wildman–Crippen LogP) is 3.09. The summed E-state index contributed by atoms with van der Waals surface area (Å²) in [5, 5.41) is 0. The van der Waals surface area contributed by atoms with Crippen LogP contribution in [0.1, 0.15) is 10.4 Å². The first-order chi connectivity index (χ1) is 10.7. The zero-order valence-corrected chi connectivity index (χ0v) is 12.2. The minimum atomic E-state index is -0.498. The van der Waals surface area contributed by atoms with Crippen LogP contribution in [0.5, 0.6) is 5.75 Å². The second kappa shape index (κ2) is 5.81. The molecular weight excluding hydrogens is 280 g/mol. The summed E-state index contributed by atoms with van der Waals surface area (Å²) in [4.78, 5) is 21.0. The summed E-state index contributed by atoms with van der Waals surface area (Å²) < 4.78 is 10.1. The monoisotopic (exact) mass is 294 g/mol. The van der Waals surface area contributed by atoms with Crippen LogP contribution in [0.3, 0.4) is 0 Å². The van der Waals surface area contributed by atoms with Crippen molar-refractivity contribution in [3.63, 3.8) is 0 Å². The lowest BCUT2D eigenvalue weighted by atomic mass is 10.1. The van der Waals surface area contributed by atoms with Gasteiger partial charge in [-0.25, -0.2) is 9.78 Å². The van der Waals surface area contributed by atoms with Crippen LogP contribution in [-0.2, 0) is 4.74 Å². The highest BCUT2D eigenvalue weighted by Gasteiger charge is 2.19. The minimum Gasteiger partial charge on any atom is -0.496 e. The molecule has 0 spiro atoms. The number of rotatable bonds is 3. The Morgan fingerprint density at radius 1 is 1.05 bits per heavy atom. The van der Waals surface area contributed by atoms with Crippen molar-refractivity contribution in [2.24, 2.45) is 0 Å². The molecule has 1 aromatic heterocycles.